The first kappa shape index (κ1) is 20.6. The fourth-order valence-electron chi connectivity index (χ4n) is 3.88. The summed E-state index contributed by atoms with van der Waals surface area (Å²) < 4.78 is 27.3. The number of hydrogen-bond acceptors (Lipinski definition) is 6. The number of hydrogen-bond donors (Lipinski definition) is 0. The maximum atomic E-state index is 11.8. The van der Waals surface area contributed by atoms with E-state index in [-0.39, 0.29) is 6.04 Å². The van der Waals surface area contributed by atoms with E-state index in [2.05, 4.69) is 0 Å². The Kier molecular flexibility index (Phi) is 6.36. The van der Waals surface area contributed by atoms with Crippen LogP contribution in [0.25, 0.3) is 0 Å². The summed E-state index contributed by atoms with van der Waals surface area (Å²) in [6.45, 7) is 0.640. The molecule has 0 N–H and O–H groups in total. The maximum Gasteiger partial charge on any atom is 0.210 e. The van der Waals surface area contributed by atoms with Gasteiger partial charge in [0.1, 0.15) is 0 Å². The second-order valence-corrected chi connectivity index (χ2v) is 6.75. The fourth-order valence-corrected chi connectivity index (χ4v) is 3.88. The third-order valence-corrected chi connectivity index (χ3v) is 5.33. The monoisotopic (exact) mass is 401 g/mol. The summed E-state index contributed by atoms with van der Waals surface area (Å²) in [4.78, 5) is 13.6. The molecule has 2 aromatic carbocycles. The molecule has 0 aromatic heterocycles. The Labute approximate surface area is 171 Å². The molecule has 0 aliphatic carbocycles. The van der Waals surface area contributed by atoms with Crippen LogP contribution in [0.15, 0.2) is 24.3 Å². The summed E-state index contributed by atoms with van der Waals surface area (Å²) in [5.74, 6) is 3.05. The van der Waals surface area contributed by atoms with E-state index < -0.39 is 0 Å². The van der Waals surface area contributed by atoms with Gasteiger partial charge in [-0.05, 0) is 53.8 Å². The average Bonchev–Trinajstić information content (AvgIpc) is 2.77. The van der Waals surface area contributed by atoms with Gasteiger partial charge in [0.2, 0.25) is 12.2 Å². The number of carbonyl (C=O) groups is 1. The van der Waals surface area contributed by atoms with Gasteiger partial charge in [0, 0.05) is 6.54 Å². The van der Waals surface area contributed by atoms with E-state index >= 15 is 0 Å². The molecule has 29 heavy (non-hydrogen) atoms. The maximum absolute atomic E-state index is 11.8. The Balaban J connectivity index is 2.05. The van der Waals surface area contributed by atoms with Crippen molar-refractivity contribution < 1.29 is 28.5 Å². The molecule has 2 aromatic rings. The summed E-state index contributed by atoms with van der Waals surface area (Å²) in [5.41, 5.74) is 3.17. The highest BCUT2D eigenvalue weighted by Crippen LogP contribution is 2.42. The van der Waals surface area contributed by atoms with Crippen LogP contribution in [0.1, 0.15) is 22.7 Å². The molecule has 0 spiro atoms. The minimum absolute atomic E-state index is 0.140. The topological polar surface area (TPSA) is 66.5 Å². The number of ether oxygens (including phenoxy) is 5. The zero-order chi connectivity index (χ0) is 21.0. The second kappa shape index (κ2) is 8.94. The van der Waals surface area contributed by atoms with Crippen molar-refractivity contribution in [2.45, 2.75) is 18.9 Å². The molecule has 1 aliphatic heterocycles. The van der Waals surface area contributed by atoms with E-state index in [9.17, 15) is 4.79 Å². The number of amides is 1. The number of fused-ring (bicyclic) bond motifs is 1. The Morgan fingerprint density at radius 1 is 0.862 bits per heavy atom. The van der Waals surface area contributed by atoms with Gasteiger partial charge in [-0.25, -0.2) is 0 Å². The van der Waals surface area contributed by atoms with Gasteiger partial charge in [0.05, 0.1) is 41.6 Å². The van der Waals surface area contributed by atoms with Crippen molar-refractivity contribution >= 4 is 6.41 Å². The van der Waals surface area contributed by atoms with Crippen LogP contribution in [0.2, 0.25) is 0 Å². The van der Waals surface area contributed by atoms with Gasteiger partial charge in [-0.1, -0.05) is 0 Å². The standard InChI is InChI=1S/C22H27NO6/c1-25-18-11-15-6-7-23(13-24)17(16(15)12-19(18)26-2)8-14-9-20(27-3)22(29-5)21(10-14)28-4/h9-13,17H,6-8H2,1-5H3/t17-/m1/s1. The molecule has 0 saturated carbocycles. The van der Waals surface area contributed by atoms with E-state index in [1.54, 1.807) is 35.5 Å². The fraction of sp³-hybridized carbons (Fsp3) is 0.409. The van der Waals surface area contributed by atoms with Crippen molar-refractivity contribution in [1.29, 1.82) is 0 Å². The van der Waals surface area contributed by atoms with Crippen LogP contribution >= 0.6 is 0 Å². The second-order valence-electron chi connectivity index (χ2n) is 6.75. The molecule has 1 amide bonds. The highest BCUT2D eigenvalue weighted by atomic mass is 16.5. The number of benzene rings is 2. The van der Waals surface area contributed by atoms with Crippen molar-refractivity contribution in [3.05, 3.63) is 41.0 Å². The molecule has 1 heterocycles. The first-order valence-electron chi connectivity index (χ1n) is 9.34. The molecule has 156 valence electrons. The quantitative estimate of drug-likeness (QED) is 0.634. The zero-order valence-electron chi connectivity index (χ0n) is 17.5. The molecule has 0 bridgehead atoms. The first-order valence-corrected chi connectivity index (χ1v) is 9.34. The zero-order valence-corrected chi connectivity index (χ0v) is 17.5. The van der Waals surface area contributed by atoms with Crippen molar-refractivity contribution in [3.8, 4) is 28.7 Å². The van der Waals surface area contributed by atoms with E-state index in [0.717, 1.165) is 29.5 Å². The molecule has 0 radical (unpaired) electrons. The minimum atomic E-state index is -0.140. The van der Waals surface area contributed by atoms with Gasteiger partial charge < -0.3 is 28.6 Å². The summed E-state index contributed by atoms with van der Waals surface area (Å²) in [6, 6.07) is 7.66. The SMILES string of the molecule is COc1cc2c(cc1OC)[C@@H](Cc1cc(OC)c(OC)c(OC)c1)N(C=O)CC2. The van der Waals surface area contributed by atoms with E-state index in [1.807, 2.05) is 29.2 Å². The third kappa shape index (κ3) is 3.90. The van der Waals surface area contributed by atoms with Crippen LogP contribution in [0.5, 0.6) is 28.7 Å². The van der Waals surface area contributed by atoms with Crippen LogP contribution in [-0.4, -0.2) is 53.4 Å². The van der Waals surface area contributed by atoms with Crippen molar-refractivity contribution in [2.24, 2.45) is 0 Å². The predicted molar refractivity (Wildman–Crippen MR) is 109 cm³/mol. The van der Waals surface area contributed by atoms with Crippen molar-refractivity contribution in [3.63, 3.8) is 0 Å². The van der Waals surface area contributed by atoms with Gasteiger partial charge in [-0.3, -0.25) is 4.79 Å². The Morgan fingerprint density at radius 3 is 1.97 bits per heavy atom. The van der Waals surface area contributed by atoms with E-state index in [4.69, 9.17) is 23.7 Å². The molecule has 7 nitrogen and oxygen atoms in total. The van der Waals surface area contributed by atoms with Gasteiger partial charge in [-0.15, -0.1) is 0 Å². The normalized spacial score (nSPS) is 15.3. The predicted octanol–water partition coefficient (Wildman–Crippen LogP) is 3.03. The Hall–Kier alpha value is -3.09. The highest BCUT2D eigenvalue weighted by molar-refractivity contribution is 5.57. The molecule has 1 aliphatic rings. The smallest absolute Gasteiger partial charge is 0.210 e. The Morgan fingerprint density at radius 2 is 1.45 bits per heavy atom. The minimum Gasteiger partial charge on any atom is -0.493 e. The Bertz CT molecular complexity index is 857. The molecule has 3 rings (SSSR count). The largest absolute Gasteiger partial charge is 0.493 e. The summed E-state index contributed by atoms with van der Waals surface area (Å²) in [5, 5.41) is 0. The lowest BCUT2D eigenvalue weighted by atomic mass is 9.88. The van der Waals surface area contributed by atoms with E-state index in [0.29, 0.717) is 41.7 Å². The molecule has 1 atom stereocenters. The van der Waals surface area contributed by atoms with Crippen molar-refractivity contribution in [1.82, 2.24) is 4.90 Å². The van der Waals surface area contributed by atoms with Gasteiger partial charge >= 0.3 is 0 Å². The van der Waals surface area contributed by atoms with Crippen LogP contribution in [-0.2, 0) is 17.6 Å². The van der Waals surface area contributed by atoms with E-state index in [1.165, 1.54) is 0 Å². The van der Waals surface area contributed by atoms with Crippen LogP contribution in [0.3, 0.4) is 0 Å². The van der Waals surface area contributed by atoms with Gasteiger partial charge in [0.15, 0.2) is 23.0 Å². The van der Waals surface area contributed by atoms with Gasteiger partial charge in [-0.2, -0.15) is 0 Å². The number of nitrogens with zero attached hydrogens (tertiary/aromatic N) is 1. The summed E-state index contributed by atoms with van der Waals surface area (Å²) >= 11 is 0. The molecule has 0 fully saturated rings. The number of rotatable bonds is 8. The third-order valence-electron chi connectivity index (χ3n) is 5.33. The molecule has 7 heteroatoms. The summed E-state index contributed by atoms with van der Waals surface area (Å²) in [6.07, 6.45) is 2.26. The number of methoxy groups -OCH3 is 5. The lowest BCUT2D eigenvalue weighted by Gasteiger charge is -2.35. The lowest BCUT2D eigenvalue weighted by Crippen LogP contribution is -2.35. The molecule has 0 saturated heterocycles. The molecular formula is C22H27NO6. The first-order chi connectivity index (χ1) is 14.1. The molecular weight excluding hydrogens is 374 g/mol. The van der Waals surface area contributed by atoms with Crippen molar-refractivity contribution in [2.75, 3.05) is 42.1 Å². The summed E-state index contributed by atoms with van der Waals surface area (Å²) in [7, 11) is 7.99. The lowest BCUT2D eigenvalue weighted by molar-refractivity contribution is -0.120. The van der Waals surface area contributed by atoms with Crippen LogP contribution in [0, 0.1) is 0 Å². The van der Waals surface area contributed by atoms with Crippen LogP contribution in [0.4, 0.5) is 0 Å². The number of carbonyl (C=O) groups excluding carboxylic acids is 1. The average molecular weight is 401 g/mol. The van der Waals surface area contributed by atoms with Gasteiger partial charge in [0.25, 0.3) is 0 Å². The van der Waals surface area contributed by atoms with Crippen LogP contribution < -0.4 is 23.7 Å². The highest BCUT2D eigenvalue weighted by Gasteiger charge is 2.29. The molecule has 0 unspecified atom stereocenters.